The number of fused-ring (bicyclic) bond motifs is 4. The molecule has 1 amide bonds. The average molecular weight is 705 g/mol. The maximum atomic E-state index is 12.9. The highest BCUT2D eigenvalue weighted by Gasteiger charge is 2.81. The Bertz CT molecular complexity index is 1450. The number of amides is 1. The predicted octanol–water partition coefficient (Wildman–Crippen LogP) is 5.16. The van der Waals surface area contributed by atoms with Gasteiger partial charge in [-0.15, -0.1) is 0 Å². The van der Waals surface area contributed by atoms with Gasteiger partial charge in [0.2, 0.25) is 15.9 Å². The molecule has 12 atom stereocenters. The molecule has 6 unspecified atom stereocenters. The van der Waals surface area contributed by atoms with E-state index in [0.717, 1.165) is 29.8 Å². The Morgan fingerprint density at radius 3 is 2.49 bits per heavy atom. The van der Waals surface area contributed by atoms with Crippen LogP contribution in [0.3, 0.4) is 0 Å². The lowest BCUT2D eigenvalue weighted by atomic mass is 9.46. The van der Waals surface area contributed by atoms with Crippen molar-refractivity contribution >= 4 is 21.9 Å². The molecule has 6 aliphatic carbocycles. The zero-order valence-corrected chi connectivity index (χ0v) is 31.2. The molecule has 49 heavy (non-hydrogen) atoms. The van der Waals surface area contributed by atoms with E-state index in [2.05, 4.69) is 27.7 Å². The van der Waals surface area contributed by atoms with Gasteiger partial charge in [-0.05, 0) is 128 Å². The zero-order chi connectivity index (χ0) is 34.7. The fourth-order valence-corrected chi connectivity index (χ4v) is 14.6. The normalized spacial score (nSPS) is 47.0. The summed E-state index contributed by atoms with van der Waals surface area (Å²) < 4.78 is 45.7. The number of ether oxygens (including phenoxy) is 3. The van der Waals surface area contributed by atoms with Crippen LogP contribution in [-0.4, -0.2) is 98.2 Å². The Hall–Kier alpha value is -1.27. The second-order valence-electron chi connectivity index (χ2n) is 18.8. The molecule has 2 heterocycles. The third-order valence-electron chi connectivity index (χ3n) is 16.0. The number of hydrogen-bond donors (Lipinski definition) is 1. The zero-order valence-electron chi connectivity index (χ0n) is 30.4. The van der Waals surface area contributed by atoms with E-state index >= 15 is 0 Å². The van der Waals surface area contributed by atoms with E-state index in [-0.39, 0.29) is 47.9 Å². The molecule has 8 rings (SSSR count). The van der Waals surface area contributed by atoms with Crippen LogP contribution in [0.15, 0.2) is 0 Å². The van der Waals surface area contributed by atoms with Gasteiger partial charge in [-0.3, -0.25) is 9.59 Å². The highest BCUT2D eigenvalue weighted by molar-refractivity contribution is 7.88. The second kappa shape index (κ2) is 11.9. The standard InChI is InChI=1S/C38H60N2O8S/c1-23-16-25(19-40(20-32(42)43)49(5,44)45)47-28-18-27-26-8-9-29-35(2,3)30(48-33-21-39(14-15-46-33)31(41)17-24-6-7-24)10-11-38(29)22-37(26,38)13-12-36(27,4)34(23)28/h23-30,33-34H,6-22H2,1-5H3,(H,42,43)/t23-,25?,26?,27?,28?,29+,30+,33?,34+,36+,37?,38-/m1/s1. The molecule has 0 aromatic rings. The Balaban J connectivity index is 0.948. The lowest BCUT2D eigenvalue weighted by Crippen LogP contribution is -2.56. The molecule has 276 valence electrons. The Labute approximate surface area is 293 Å². The van der Waals surface area contributed by atoms with Crippen LogP contribution in [0.2, 0.25) is 0 Å². The molecule has 2 aliphatic heterocycles. The molecule has 10 nitrogen and oxygen atoms in total. The van der Waals surface area contributed by atoms with Crippen molar-refractivity contribution in [1.29, 1.82) is 0 Å². The summed E-state index contributed by atoms with van der Waals surface area (Å²) in [6.45, 7) is 11.1. The fourth-order valence-electron chi connectivity index (χ4n) is 13.8. The van der Waals surface area contributed by atoms with Crippen LogP contribution in [0.1, 0.15) is 105 Å². The number of carbonyl (C=O) groups is 2. The van der Waals surface area contributed by atoms with Crippen molar-refractivity contribution in [1.82, 2.24) is 9.21 Å². The molecular formula is C38H60N2O8S. The Kier molecular flexibility index (Phi) is 8.43. The van der Waals surface area contributed by atoms with Crippen LogP contribution in [0.25, 0.3) is 0 Å². The number of hydrogen-bond acceptors (Lipinski definition) is 7. The van der Waals surface area contributed by atoms with E-state index in [9.17, 15) is 23.1 Å². The van der Waals surface area contributed by atoms with Crippen LogP contribution >= 0.6 is 0 Å². The Morgan fingerprint density at radius 1 is 1.00 bits per heavy atom. The van der Waals surface area contributed by atoms with Crippen LogP contribution in [0.5, 0.6) is 0 Å². The molecule has 11 heteroatoms. The van der Waals surface area contributed by atoms with Crippen molar-refractivity contribution in [2.45, 2.75) is 129 Å². The summed E-state index contributed by atoms with van der Waals surface area (Å²) in [5, 5.41) is 9.37. The van der Waals surface area contributed by atoms with E-state index < -0.39 is 22.5 Å². The van der Waals surface area contributed by atoms with E-state index in [1.54, 1.807) is 0 Å². The minimum Gasteiger partial charge on any atom is -0.480 e. The quantitative estimate of drug-likeness (QED) is 0.350. The van der Waals surface area contributed by atoms with E-state index in [4.69, 9.17) is 14.2 Å². The first-order valence-electron chi connectivity index (χ1n) is 19.4. The number of aliphatic carboxylic acids is 1. The summed E-state index contributed by atoms with van der Waals surface area (Å²) in [7, 11) is -3.65. The van der Waals surface area contributed by atoms with Crippen molar-refractivity contribution in [3.05, 3.63) is 0 Å². The lowest BCUT2D eigenvalue weighted by Gasteiger charge is -2.60. The van der Waals surface area contributed by atoms with Crippen molar-refractivity contribution in [2.75, 3.05) is 39.0 Å². The smallest absolute Gasteiger partial charge is 0.318 e. The van der Waals surface area contributed by atoms with Crippen LogP contribution in [0.4, 0.5) is 0 Å². The molecule has 8 aliphatic rings. The molecule has 0 aromatic carbocycles. The summed E-state index contributed by atoms with van der Waals surface area (Å²) in [5.74, 6) is 2.49. The number of morpholine rings is 1. The van der Waals surface area contributed by atoms with Gasteiger partial charge in [-0.2, -0.15) is 4.31 Å². The first-order valence-corrected chi connectivity index (χ1v) is 21.3. The highest BCUT2D eigenvalue weighted by Crippen LogP contribution is 2.87. The molecule has 2 saturated heterocycles. The highest BCUT2D eigenvalue weighted by atomic mass is 32.2. The molecule has 8 fully saturated rings. The number of sulfonamides is 1. The van der Waals surface area contributed by atoms with Gasteiger partial charge in [0.1, 0.15) is 6.54 Å². The minimum absolute atomic E-state index is 0.0348. The summed E-state index contributed by atoms with van der Waals surface area (Å²) in [6, 6.07) is 0. The minimum atomic E-state index is -3.65. The largest absolute Gasteiger partial charge is 0.480 e. The van der Waals surface area contributed by atoms with Crippen molar-refractivity contribution < 1.29 is 37.3 Å². The number of nitrogens with zero attached hydrogens (tertiary/aromatic N) is 2. The van der Waals surface area contributed by atoms with Gasteiger partial charge >= 0.3 is 5.97 Å². The van der Waals surface area contributed by atoms with Gasteiger partial charge in [0.25, 0.3) is 0 Å². The van der Waals surface area contributed by atoms with E-state index in [1.807, 2.05) is 4.90 Å². The number of carboxylic acids is 1. The summed E-state index contributed by atoms with van der Waals surface area (Å²) >= 11 is 0. The molecular weight excluding hydrogens is 644 g/mol. The van der Waals surface area contributed by atoms with Crippen molar-refractivity contribution in [3.8, 4) is 0 Å². The SMILES string of the molecule is C[C@@H]1CC(CN(CC(=O)O)S(C)(=O)=O)OC2CC3C4CC[C@H]5C(C)(C)[C@@H](OC6CN(C(=O)CC7CC7)CCO6)CC[C@@]56CC46CC[C@]3(C)[C@H]21. The monoisotopic (exact) mass is 704 g/mol. The van der Waals surface area contributed by atoms with Gasteiger partial charge < -0.3 is 24.2 Å². The fraction of sp³-hybridized carbons (Fsp3) is 0.947. The second-order valence-corrected chi connectivity index (χ2v) is 20.8. The molecule has 6 saturated carbocycles. The predicted molar refractivity (Wildman–Crippen MR) is 183 cm³/mol. The summed E-state index contributed by atoms with van der Waals surface area (Å²) in [5.41, 5.74) is 1.04. The van der Waals surface area contributed by atoms with Crippen LogP contribution in [0, 0.1) is 57.2 Å². The van der Waals surface area contributed by atoms with Gasteiger partial charge in [0.05, 0.1) is 37.7 Å². The maximum Gasteiger partial charge on any atom is 0.318 e. The number of rotatable bonds is 9. The molecule has 0 bridgehead atoms. The summed E-state index contributed by atoms with van der Waals surface area (Å²) in [4.78, 5) is 26.3. The van der Waals surface area contributed by atoms with Gasteiger partial charge in [-0.1, -0.05) is 27.7 Å². The van der Waals surface area contributed by atoms with Gasteiger partial charge in [-0.25, -0.2) is 8.42 Å². The first kappa shape index (κ1) is 34.8. The van der Waals surface area contributed by atoms with Crippen molar-refractivity contribution in [2.24, 2.45) is 57.2 Å². The first-order chi connectivity index (χ1) is 23.1. The van der Waals surface area contributed by atoms with Crippen LogP contribution < -0.4 is 0 Å². The lowest BCUT2D eigenvalue weighted by molar-refractivity contribution is -0.244. The maximum absolute atomic E-state index is 12.9. The average Bonchev–Trinajstić information content (AvgIpc) is 3.92. The van der Waals surface area contributed by atoms with Crippen LogP contribution in [-0.2, 0) is 33.8 Å². The van der Waals surface area contributed by atoms with E-state index in [0.29, 0.717) is 72.5 Å². The molecule has 2 spiro atoms. The Morgan fingerprint density at radius 2 is 1.78 bits per heavy atom. The van der Waals surface area contributed by atoms with Gasteiger partial charge in [0.15, 0.2) is 6.29 Å². The van der Waals surface area contributed by atoms with E-state index in [1.165, 1.54) is 51.4 Å². The third kappa shape index (κ3) is 5.64. The van der Waals surface area contributed by atoms with Gasteiger partial charge in [0, 0.05) is 19.5 Å². The molecule has 0 aromatic heterocycles. The number of carboxylic acid groups (broad SMARTS) is 1. The molecule has 1 N–H and O–H groups in total. The topological polar surface area (TPSA) is 123 Å². The summed E-state index contributed by atoms with van der Waals surface area (Å²) in [6.07, 6.45) is 14.2. The third-order valence-corrected chi connectivity index (χ3v) is 17.2. The van der Waals surface area contributed by atoms with Crippen molar-refractivity contribution in [3.63, 3.8) is 0 Å². The molecule has 0 radical (unpaired) electrons. The number of carbonyl (C=O) groups excluding carboxylic acids is 1.